The van der Waals surface area contributed by atoms with Crippen molar-refractivity contribution >= 4 is 34.4 Å². The number of hydrogen-bond acceptors (Lipinski definition) is 4. The van der Waals surface area contributed by atoms with Crippen LogP contribution in [0.5, 0.6) is 0 Å². The van der Waals surface area contributed by atoms with Gasteiger partial charge in [-0.25, -0.2) is 4.98 Å². The predicted molar refractivity (Wildman–Crippen MR) is 79.6 cm³/mol. The van der Waals surface area contributed by atoms with Gasteiger partial charge in [0.05, 0.1) is 3.57 Å². The van der Waals surface area contributed by atoms with Crippen LogP contribution in [0.2, 0.25) is 0 Å². The summed E-state index contributed by atoms with van der Waals surface area (Å²) >= 11 is 2.27. The van der Waals surface area contributed by atoms with Gasteiger partial charge in [0.15, 0.2) is 0 Å². The van der Waals surface area contributed by atoms with E-state index >= 15 is 0 Å². The molecule has 0 amide bonds. The van der Waals surface area contributed by atoms with Gasteiger partial charge in [-0.3, -0.25) is 0 Å². The van der Waals surface area contributed by atoms with Crippen molar-refractivity contribution in [2.45, 2.75) is 32.6 Å². The molecule has 0 aromatic carbocycles. The SMILES string of the molecule is CCNc1nc(N2CCCCCC2)ncc1I. The van der Waals surface area contributed by atoms with Crippen LogP contribution >= 0.6 is 22.6 Å². The first-order valence-electron chi connectivity index (χ1n) is 6.32. The van der Waals surface area contributed by atoms with Crippen LogP contribution in [0, 0.1) is 3.57 Å². The highest BCUT2D eigenvalue weighted by Gasteiger charge is 2.13. The third kappa shape index (κ3) is 3.43. The fourth-order valence-corrected chi connectivity index (χ4v) is 2.52. The molecule has 1 fully saturated rings. The number of rotatable bonds is 3. The van der Waals surface area contributed by atoms with E-state index in [9.17, 15) is 0 Å². The van der Waals surface area contributed by atoms with E-state index in [-0.39, 0.29) is 0 Å². The van der Waals surface area contributed by atoms with Crippen LogP contribution in [0.4, 0.5) is 11.8 Å². The Kier molecular flexibility index (Phi) is 4.82. The Balaban J connectivity index is 2.16. The molecule has 1 aliphatic heterocycles. The van der Waals surface area contributed by atoms with Crippen LogP contribution < -0.4 is 10.2 Å². The van der Waals surface area contributed by atoms with Gasteiger partial charge in [-0.1, -0.05) is 12.8 Å². The zero-order chi connectivity index (χ0) is 12.1. The third-order valence-electron chi connectivity index (χ3n) is 2.96. The Morgan fingerprint density at radius 3 is 2.65 bits per heavy atom. The minimum absolute atomic E-state index is 0.878. The summed E-state index contributed by atoms with van der Waals surface area (Å²) in [6.45, 7) is 5.16. The second-order valence-electron chi connectivity index (χ2n) is 4.30. The molecule has 2 heterocycles. The van der Waals surface area contributed by atoms with E-state index in [1.807, 2.05) is 6.20 Å². The van der Waals surface area contributed by atoms with Gasteiger partial charge in [0, 0.05) is 25.8 Å². The van der Waals surface area contributed by atoms with Crippen LogP contribution in [0.25, 0.3) is 0 Å². The quantitative estimate of drug-likeness (QED) is 0.855. The molecule has 4 nitrogen and oxygen atoms in total. The van der Waals surface area contributed by atoms with Crippen molar-refractivity contribution in [3.63, 3.8) is 0 Å². The molecule has 0 saturated carbocycles. The lowest BCUT2D eigenvalue weighted by Crippen LogP contribution is -2.26. The maximum absolute atomic E-state index is 4.62. The monoisotopic (exact) mass is 346 g/mol. The van der Waals surface area contributed by atoms with E-state index in [2.05, 4.69) is 49.7 Å². The molecule has 1 aliphatic rings. The van der Waals surface area contributed by atoms with Gasteiger partial charge in [-0.2, -0.15) is 4.98 Å². The first kappa shape index (κ1) is 12.9. The second kappa shape index (κ2) is 6.37. The smallest absolute Gasteiger partial charge is 0.227 e. The fraction of sp³-hybridized carbons (Fsp3) is 0.667. The van der Waals surface area contributed by atoms with Crippen molar-refractivity contribution < 1.29 is 0 Å². The van der Waals surface area contributed by atoms with Crippen molar-refractivity contribution in [3.8, 4) is 0 Å². The standard InChI is InChI=1S/C12H19IN4/c1-2-14-11-10(13)9-15-12(16-11)17-7-5-3-4-6-8-17/h9H,2-8H2,1H3,(H,14,15,16). The Hall–Kier alpha value is -0.590. The topological polar surface area (TPSA) is 41.1 Å². The van der Waals surface area contributed by atoms with Crippen molar-refractivity contribution in [1.82, 2.24) is 9.97 Å². The highest BCUT2D eigenvalue weighted by atomic mass is 127. The fourth-order valence-electron chi connectivity index (χ4n) is 2.07. The molecule has 1 N–H and O–H groups in total. The highest BCUT2D eigenvalue weighted by molar-refractivity contribution is 14.1. The van der Waals surface area contributed by atoms with Crippen LogP contribution in [0.1, 0.15) is 32.6 Å². The minimum Gasteiger partial charge on any atom is -0.369 e. The maximum Gasteiger partial charge on any atom is 0.227 e. The summed E-state index contributed by atoms with van der Waals surface area (Å²) in [5.74, 6) is 1.84. The van der Waals surface area contributed by atoms with Gasteiger partial charge in [0.2, 0.25) is 5.95 Å². The zero-order valence-electron chi connectivity index (χ0n) is 10.2. The van der Waals surface area contributed by atoms with E-state index < -0.39 is 0 Å². The van der Waals surface area contributed by atoms with Crippen LogP contribution in [0.3, 0.4) is 0 Å². The van der Waals surface area contributed by atoms with Crippen LogP contribution in [-0.4, -0.2) is 29.6 Å². The average molecular weight is 346 g/mol. The molecule has 17 heavy (non-hydrogen) atoms. The van der Waals surface area contributed by atoms with E-state index in [1.54, 1.807) is 0 Å². The molecule has 0 spiro atoms. The lowest BCUT2D eigenvalue weighted by Gasteiger charge is -2.20. The summed E-state index contributed by atoms with van der Waals surface area (Å²) in [5, 5.41) is 3.29. The Bertz CT molecular complexity index is 362. The molecule has 1 saturated heterocycles. The summed E-state index contributed by atoms with van der Waals surface area (Å²) in [6.07, 6.45) is 7.09. The average Bonchev–Trinajstić information content (AvgIpc) is 2.61. The Labute approximate surface area is 116 Å². The Morgan fingerprint density at radius 1 is 1.29 bits per heavy atom. The molecule has 1 aromatic heterocycles. The molecule has 0 aliphatic carbocycles. The van der Waals surface area contributed by atoms with Crippen LogP contribution in [0.15, 0.2) is 6.20 Å². The molecule has 0 atom stereocenters. The molecule has 0 bridgehead atoms. The number of aromatic nitrogens is 2. The molecule has 0 unspecified atom stereocenters. The first-order valence-corrected chi connectivity index (χ1v) is 7.40. The molecule has 1 aromatic rings. The van der Waals surface area contributed by atoms with Gasteiger partial charge in [0.1, 0.15) is 5.82 Å². The first-order chi connectivity index (χ1) is 8.31. The number of nitrogens with one attached hydrogen (secondary N) is 1. The summed E-state index contributed by atoms with van der Waals surface area (Å²) in [5.41, 5.74) is 0. The number of halogens is 1. The molecule has 94 valence electrons. The van der Waals surface area contributed by atoms with Gasteiger partial charge in [0.25, 0.3) is 0 Å². The van der Waals surface area contributed by atoms with E-state index in [1.165, 1.54) is 25.7 Å². The van der Waals surface area contributed by atoms with Gasteiger partial charge >= 0.3 is 0 Å². The number of nitrogens with zero attached hydrogens (tertiary/aromatic N) is 3. The van der Waals surface area contributed by atoms with E-state index in [4.69, 9.17) is 0 Å². The van der Waals surface area contributed by atoms with Gasteiger partial charge < -0.3 is 10.2 Å². The van der Waals surface area contributed by atoms with Crippen molar-refractivity contribution in [2.75, 3.05) is 29.9 Å². The van der Waals surface area contributed by atoms with Gasteiger partial charge in [-0.15, -0.1) is 0 Å². The largest absolute Gasteiger partial charge is 0.369 e. The molecule has 0 radical (unpaired) electrons. The maximum atomic E-state index is 4.62. The van der Waals surface area contributed by atoms with Crippen molar-refractivity contribution in [1.29, 1.82) is 0 Å². The normalized spacial score (nSPS) is 16.7. The second-order valence-corrected chi connectivity index (χ2v) is 5.46. The molecular formula is C12H19IN4. The molecule has 5 heteroatoms. The lowest BCUT2D eigenvalue weighted by atomic mass is 10.2. The summed E-state index contributed by atoms with van der Waals surface area (Å²) < 4.78 is 1.09. The minimum atomic E-state index is 0.878. The number of anilines is 2. The highest BCUT2D eigenvalue weighted by Crippen LogP contribution is 2.20. The molecule has 2 rings (SSSR count). The summed E-state index contributed by atoms with van der Waals surface area (Å²) in [6, 6.07) is 0. The lowest BCUT2D eigenvalue weighted by molar-refractivity contribution is 0.726. The zero-order valence-corrected chi connectivity index (χ0v) is 12.4. The predicted octanol–water partition coefficient (Wildman–Crippen LogP) is 2.89. The number of hydrogen-bond donors (Lipinski definition) is 1. The van der Waals surface area contributed by atoms with Crippen molar-refractivity contribution in [2.24, 2.45) is 0 Å². The Morgan fingerprint density at radius 2 is 2.00 bits per heavy atom. The van der Waals surface area contributed by atoms with Crippen molar-refractivity contribution in [3.05, 3.63) is 9.77 Å². The van der Waals surface area contributed by atoms with Crippen LogP contribution in [-0.2, 0) is 0 Å². The van der Waals surface area contributed by atoms with E-state index in [0.29, 0.717) is 0 Å². The summed E-state index contributed by atoms with van der Waals surface area (Å²) in [7, 11) is 0. The summed E-state index contributed by atoms with van der Waals surface area (Å²) in [4.78, 5) is 11.4. The van der Waals surface area contributed by atoms with E-state index in [0.717, 1.165) is 35.0 Å². The third-order valence-corrected chi connectivity index (χ3v) is 3.75. The van der Waals surface area contributed by atoms with Gasteiger partial charge in [-0.05, 0) is 42.4 Å². The molecular weight excluding hydrogens is 327 g/mol.